The molecule has 0 aromatic heterocycles. The molecule has 0 bridgehead atoms. The molecule has 0 aliphatic heterocycles. The van der Waals surface area contributed by atoms with Gasteiger partial charge >= 0.3 is 0 Å². The molecule has 0 saturated heterocycles. The molecule has 1 nitrogen and oxygen atoms in total. The molecular weight excluding hydrogens is 340 g/mol. The number of aromatic hydroxyl groups is 1. The largest absolute Gasteiger partial charge is 0.508 e. The van der Waals surface area contributed by atoms with Gasteiger partial charge in [0, 0.05) is 0 Å². The third-order valence-electron chi connectivity index (χ3n) is 8.05. The van der Waals surface area contributed by atoms with Gasteiger partial charge in [0.25, 0.3) is 0 Å². The van der Waals surface area contributed by atoms with Gasteiger partial charge in [-0.3, -0.25) is 0 Å². The average molecular weight is 381 g/mol. The Morgan fingerprint density at radius 1 is 1.18 bits per heavy atom. The summed E-state index contributed by atoms with van der Waals surface area (Å²) < 4.78 is 0. The summed E-state index contributed by atoms with van der Waals surface area (Å²) in [6.07, 6.45) is 13.7. The van der Waals surface area contributed by atoms with Crippen LogP contribution in [0.4, 0.5) is 0 Å². The maximum Gasteiger partial charge on any atom is 0.118 e. The van der Waals surface area contributed by atoms with Crippen molar-refractivity contribution in [1.82, 2.24) is 0 Å². The molecule has 1 saturated carbocycles. The highest BCUT2D eigenvalue weighted by atomic mass is 16.3. The van der Waals surface area contributed by atoms with E-state index < -0.39 is 0 Å². The molecule has 4 atom stereocenters. The number of rotatable bonds is 5. The van der Waals surface area contributed by atoms with Gasteiger partial charge in [-0.2, -0.15) is 0 Å². The quantitative estimate of drug-likeness (QED) is 0.517. The molecule has 1 N–H and O–H groups in total. The Hall–Kier alpha value is -1.50. The van der Waals surface area contributed by atoms with Crippen LogP contribution in [-0.4, -0.2) is 5.11 Å². The van der Waals surface area contributed by atoms with Gasteiger partial charge in [-0.25, -0.2) is 0 Å². The van der Waals surface area contributed by atoms with Crippen LogP contribution in [0.3, 0.4) is 0 Å². The molecule has 28 heavy (non-hydrogen) atoms. The van der Waals surface area contributed by atoms with E-state index in [-0.39, 0.29) is 0 Å². The highest BCUT2D eigenvalue weighted by Crippen LogP contribution is 2.61. The third kappa shape index (κ3) is 4.09. The Kier molecular flexibility index (Phi) is 6.13. The smallest absolute Gasteiger partial charge is 0.118 e. The standard InChI is InChI=1S/C27H40O/c1-19(2)9-7-14-26(5)15-8-16-27(6)23(21(4)11-13-25(26)27)18-22-17-20(3)10-12-24(22)28/h9-12,17,23,25,28H,7-8,13-16,18H2,1-6H3/t23-,25-,26-,27+/m0/s1. The molecule has 1 heteroatoms. The van der Waals surface area contributed by atoms with Crippen molar-refractivity contribution in [3.05, 3.63) is 52.6 Å². The number of phenols is 1. The summed E-state index contributed by atoms with van der Waals surface area (Å²) in [6.45, 7) is 14.0. The Bertz CT molecular complexity index is 766. The summed E-state index contributed by atoms with van der Waals surface area (Å²) in [5.74, 6) is 1.73. The van der Waals surface area contributed by atoms with E-state index in [0.717, 1.165) is 17.9 Å². The molecule has 2 aliphatic carbocycles. The van der Waals surface area contributed by atoms with Crippen LogP contribution >= 0.6 is 0 Å². The van der Waals surface area contributed by atoms with Crippen molar-refractivity contribution in [2.24, 2.45) is 22.7 Å². The predicted molar refractivity (Wildman–Crippen MR) is 121 cm³/mol. The highest BCUT2D eigenvalue weighted by molar-refractivity contribution is 5.37. The number of allylic oxidation sites excluding steroid dienone is 4. The predicted octanol–water partition coefficient (Wildman–Crippen LogP) is 7.77. The number of aryl methyl sites for hydroxylation is 1. The van der Waals surface area contributed by atoms with Crippen molar-refractivity contribution < 1.29 is 5.11 Å². The zero-order valence-corrected chi connectivity index (χ0v) is 18.9. The maximum absolute atomic E-state index is 10.5. The van der Waals surface area contributed by atoms with Crippen molar-refractivity contribution in [2.75, 3.05) is 0 Å². The second kappa shape index (κ2) is 8.09. The van der Waals surface area contributed by atoms with Gasteiger partial charge in [-0.15, -0.1) is 0 Å². The fourth-order valence-electron chi connectivity index (χ4n) is 6.44. The number of benzene rings is 1. The highest BCUT2D eigenvalue weighted by Gasteiger charge is 2.53. The first kappa shape index (κ1) is 21.2. The number of hydrogen-bond donors (Lipinski definition) is 1. The lowest BCUT2D eigenvalue weighted by atomic mass is 9.47. The number of hydrogen-bond acceptors (Lipinski definition) is 1. The van der Waals surface area contributed by atoms with Gasteiger partial charge in [0.2, 0.25) is 0 Å². The van der Waals surface area contributed by atoms with Crippen molar-refractivity contribution in [3.63, 3.8) is 0 Å². The average Bonchev–Trinajstić information content (AvgIpc) is 2.60. The first-order valence-electron chi connectivity index (χ1n) is 11.2. The molecule has 0 amide bonds. The maximum atomic E-state index is 10.5. The summed E-state index contributed by atoms with van der Waals surface area (Å²) in [5, 5.41) is 10.5. The van der Waals surface area contributed by atoms with Crippen LogP contribution in [-0.2, 0) is 6.42 Å². The minimum Gasteiger partial charge on any atom is -0.508 e. The molecule has 1 aromatic carbocycles. The second-order valence-electron chi connectivity index (χ2n) is 10.5. The van der Waals surface area contributed by atoms with E-state index in [0.29, 0.717) is 22.5 Å². The molecular formula is C27H40O. The van der Waals surface area contributed by atoms with E-state index in [1.165, 1.54) is 55.2 Å². The van der Waals surface area contributed by atoms with Crippen molar-refractivity contribution in [3.8, 4) is 5.75 Å². The lowest BCUT2D eigenvalue weighted by Gasteiger charge is -2.58. The van der Waals surface area contributed by atoms with Crippen LogP contribution < -0.4 is 0 Å². The minimum absolute atomic E-state index is 0.326. The first-order chi connectivity index (χ1) is 13.2. The van der Waals surface area contributed by atoms with Gasteiger partial charge in [-0.1, -0.05) is 61.3 Å². The zero-order chi connectivity index (χ0) is 20.5. The molecule has 0 heterocycles. The normalized spacial score (nSPS) is 32.4. The Morgan fingerprint density at radius 3 is 2.64 bits per heavy atom. The summed E-state index contributed by atoms with van der Waals surface area (Å²) in [5.41, 5.74) is 6.08. The summed E-state index contributed by atoms with van der Waals surface area (Å²) >= 11 is 0. The molecule has 2 aliphatic rings. The Labute approximate surface area is 172 Å². The van der Waals surface area contributed by atoms with Crippen molar-refractivity contribution >= 4 is 0 Å². The van der Waals surface area contributed by atoms with Crippen LogP contribution in [0.25, 0.3) is 0 Å². The summed E-state index contributed by atoms with van der Waals surface area (Å²) in [4.78, 5) is 0. The van der Waals surface area contributed by atoms with Crippen LogP contribution in [0, 0.1) is 29.6 Å². The Morgan fingerprint density at radius 2 is 1.93 bits per heavy atom. The molecule has 3 rings (SSSR count). The molecule has 1 fully saturated rings. The van der Waals surface area contributed by atoms with Crippen LogP contribution in [0.5, 0.6) is 5.75 Å². The summed E-state index contributed by atoms with van der Waals surface area (Å²) in [6, 6.07) is 6.07. The number of phenolic OH excluding ortho intramolecular Hbond substituents is 1. The lowest BCUT2D eigenvalue weighted by Crippen LogP contribution is -2.50. The van der Waals surface area contributed by atoms with E-state index >= 15 is 0 Å². The van der Waals surface area contributed by atoms with Gasteiger partial charge < -0.3 is 5.11 Å². The van der Waals surface area contributed by atoms with Crippen molar-refractivity contribution in [1.29, 1.82) is 0 Å². The van der Waals surface area contributed by atoms with Gasteiger partial charge in [0.05, 0.1) is 0 Å². The van der Waals surface area contributed by atoms with E-state index in [1.807, 2.05) is 12.1 Å². The van der Waals surface area contributed by atoms with Crippen molar-refractivity contribution in [2.45, 2.75) is 86.5 Å². The van der Waals surface area contributed by atoms with Gasteiger partial charge in [-0.05, 0) is 101 Å². The van der Waals surface area contributed by atoms with E-state index in [2.05, 4.69) is 59.8 Å². The monoisotopic (exact) mass is 380 g/mol. The SMILES string of the molecule is CC(C)=CCC[C@@]1(C)CCC[C@]2(C)[C@@H](Cc3cc(C)ccc3O)C(C)=CC[C@@H]12. The first-order valence-corrected chi connectivity index (χ1v) is 11.2. The van der Waals surface area contributed by atoms with E-state index in [9.17, 15) is 5.11 Å². The van der Waals surface area contributed by atoms with Crippen LogP contribution in [0.2, 0.25) is 0 Å². The molecule has 154 valence electrons. The molecule has 1 aromatic rings. The number of fused-ring (bicyclic) bond motifs is 1. The lowest BCUT2D eigenvalue weighted by molar-refractivity contribution is -0.0506. The minimum atomic E-state index is 0.326. The van der Waals surface area contributed by atoms with Gasteiger partial charge in [0.15, 0.2) is 0 Å². The van der Waals surface area contributed by atoms with Crippen LogP contribution in [0.1, 0.15) is 84.3 Å². The molecule has 0 unspecified atom stereocenters. The fraction of sp³-hybridized carbons (Fsp3) is 0.630. The second-order valence-corrected chi connectivity index (χ2v) is 10.5. The van der Waals surface area contributed by atoms with E-state index in [1.54, 1.807) is 0 Å². The van der Waals surface area contributed by atoms with Gasteiger partial charge in [0.1, 0.15) is 5.75 Å². The Balaban J connectivity index is 1.90. The van der Waals surface area contributed by atoms with E-state index in [4.69, 9.17) is 0 Å². The third-order valence-corrected chi connectivity index (χ3v) is 8.05. The summed E-state index contributed by atoms with van der Waals surface area (Å²) in [7, 11) is 0. The topological polar surface area (TPSA) is 20.2 Å². The van der Waals surface area contributed by atoms with Crippen LogP contribution in [0.15, 0.2) is 41.5 Å². The molecule has 0 spiro atoms. The molecule has 0 radical (unpaired) electrons. The fourth-order valence-corrected chi connectivity index (χ4v) is 6.44. The zero-order valence-electron chi connectivity index (χ0n) is 18.9.